The van der Waals surface area contributed by atoms with Gasteiger partial charge in [0.1, 0.15) is 0 Å². The van der Waals surface area contributed by atoms with Crippen LogP contribution < -0.4 is 11.1 Å². The molecule has 1 aromatic carbocycles. The van der Waals surface area contributed by atoms with Crippen molar-refractivity contribution in [3.05, 3.63) is 28.2 Å². The second-order valence-corrected chi connectivity index (χ2v) is 5.99. The lowest BCUT2D eigenvalue weighted by Crippen LogP contribution is -2.52. The second-order valence-electron chi connectivity index (χ2n) is 5.13. The Balaban J connectivity index is 0.00000180. The highest BCUT2D eigenvalue weighted by Crippen LogP contribution is 2.28. The van der Waals surface area contributed by atoms with Crippen LogP contribution in [0.3, 0.4) is 0 Å². The number of anilines is 1. The van der Waals surface area contributed by atoms with Gasteiger partial charge in [0, 0.05) is 10.2 Å². The van der Waals surface area contributed by atoms with Gasteiger partial charge < -0.3 is 11.1 Å². The average molecular weight is 348 g/mol. The Morgan fingerprint density at radius 2 is 1.95 bits per heavy atom. The predicted molar refractivity (Wildman–Crippen MR) is 84.8 cm³/mol. The minimum absolute atomic E-state index is 0. The Bertz CT molecular complexity index is 459. The second kappa shape index (κ2) is 6.73. The molecule has 106 valence electrons. The lowest BCUT2D eigenvalue weighted by molar-refractivity contribution is -0.122. The van der Waals surface area contributed by atoms with Gasteiger partial charge in [-0.1, -0.05) is 35.2 Å². The average Bonchev–Trinajstić information content (AvgIpc) is 2.35. The van der Waals surface area contributed by atoms with Gasteiger partial charge in [-0.3, -0.25) is 4.79 Å². The molecule has 0 unspecified atom stereocenters. The maximum absolute atomic E-state index is 12.2. The van der Waals surface area contributed by atoms with Crippen molar-refractivity contribution in [3.8, 4) is 0 Å². The molecule has 0 aromatic heterocycles. The van der Waals surface area contributed by atoms with Crippen molar-refractivity contribution in [2.45, 2.75) is 44.6 Å². The molecule has 0 heterocycles. The largest absolute Gasteiger partial charge is 0.324 e. The van der Waals surface area contributed by atoms with Crippen molar-refractivity contribution in [2.75, 3.05) is 5.32 Å². The fourth-order valence-corrected chi connectivity index (χ4v) is 2.63. The molecule has 0 spiro atoms. The molecule has 0 saturated heterocycles. The molecule has 3 N–H and O–H groups in total. The number of amides is 1. The lowest BCUT2D eigenvalue weighted by Gasteiger charge is -2.31. The number of hydrogen-bond donors (Lipinski definition) is 2. The number of halogens is 2. The molecule has 1 amide bonds. The zero-order chi connectivity index (χ0) is 13.2. The number of nitrogens with two attached hydrogens (primary N) is 1. The Kier molecular flexibility index (Phi) is 5.83. The van der Waals surface area contributed by atoms with Crippen LogP contribution in [0.25, 0.3) is 0 Å². The van der Waals surface area contributed by atoms with Crippen LogP contribution in [-0.4, -0.2) is 11.4 Å². The quantitative estimate of drug-likeness (QED) is 0.855. The molecule has 1 aromatic rings. The highest BCUT2D eigenvalue weighted by molar-refractivity contribution is 9.10. The molecule has 0 atom stereocenters. The third-order valence-corrected chi connectivity index (χ3v) is 4.50. The van der Waals surface area contributed by atoms with E-state index in [1.54, 1.807) is 0 Å². The van der Waals surface area contributed by atoms with E-state index >= 15 is 0 Å². The van der Waals surface area contributed by atoms with Crippen LogP contribution in [-0.2, 0) is 4.79 Å². The molecule has 1 saturated carbocycles. The van der Waals surface area contributed by atoms with E-state index in [0.717, 1.165) is 41.4 Å². The summed E-state index contributed by atoms with van der Waals surface area (Å²) in [6, 6.07) is 5.78. The maximum Gasteiger partial charge on any atom is 0.244 e. The summed E-state index contributed by atoms with van der Waals surface area (Å²) in [7, 11) is 0. The smallest absolute Gasteiger partial charge is 0.244 e. The summed E-state index contributed by atoms with van der Waals surface area (Å²) in [4.78, 5) is 12.2. The Hall–Kier alpha value is -0.580. The SMILES string of the molecule is Cc1cc(NC(=O)C2(N)CCCCC2)ccc1Br.Cl. The molecule has 0 aliphatic heterocycles. The van der Waals surface area contributed by atoms with Crippen molar-refractivity contribution in [1.29, 1.82) is 0 Å². The van der Waals surface area contributed by atoms with Crippen molar-refractivity contribution >= 4 is 39.9 Å². The summed E-state index contributed by atoms with van der Waals surface area (Å²) in [5.74, 6) is -0.0519. The van der Waals surface area contributed by atoms with Gasteiger partial charge in [0.05, 0.1) is 5.54 Å². The predicted octanol–water partition coefficient (Wildman–Crippen LogP) is 3.78. The van der Waals surface area contributed by atoms with Gasteiger partial charge in [-0.15, -0.1) is 12.4 Å². The van der Waals surface area contributed by atoms with E-state index < -0.39 is 5.54 Å². The van der Waals surface area contributed by atoms with Crippen molar-refractivity contribution < 1.29 is 4.79 Å². The molecule has 0 bridgehead atoms. The van der Waals surface area contributed by atoms with Gasteiger partial charge in [0.2, 0.25) is 5.91 Å². The zero-order valence-electron chi connectivity index (χ0n) is 11.0. The Morgan fingerprint density at radius 1 is 1.32 bits per heavy atom. The van der Waals surface area contributed by atoms with Crippen LogP contribution in [0.1, 0.15) is 37.7 Å². The summed E-state index contributed by atoms with van der Waals surface area (Å²) in [6.45, 7) is 2.00. The summed E-state index contributed by atoms with van der Waals surface area (Å²) >= 11 is 3.45. The third kappa shape index (κ3) is 3.94. The molecule has 3 nitrogen and oxygen atoms in total. The fraction of sp³-hybridized carbons (Fsp3) is 0.500. The topological polar surface area (TPSA) is 55.1 Å². The van der Waals surface area contributed by atoms with E-state index in [9.17, 15) is 4.79 Å². The summed E-state index contributed by atoms with van der Waals surface area (Å²) in [5.41, 5.74) is 7.43. The molecule has 2 rings (SSSR count). The highest BCUT2D eigenvalue weighted by atomic mass is 79.9. The van der Waals surface area contributed by atoms with Crippen LogP contribution in [0.5, 0.6) is 0 Å². The number of rotatable bonds is 2. The monoisotopic (exact) mass is 346 g/mol. The summed E-state index contributed by atoms with van der Waals surface area (Å²) in [6.07, 6.45) is 4.85. The van der Waals surface area contributed by atoms with E-state index in [4.69, 9.17) is 5.73 Å². The van der Waals surface area contributed by atoms with Crippen LogP contribution in [0.15, 0.2) is 22.7 Å². The number of carbonyl (C=O) groups excluding carboxylic acids is 1. The normalized spacial score (nSPS) is 17.4. The van der Waals surface area contributed by atoms with Crippen LogP contribution in [0, 0.1) is 6.92 Å². The van der Waals surface area contributed by atoms with Gasteiger partial charge in [0.15, 0.2) is 0 Å². The van der Waals surface area contributed by atoms with Gasteiger partial charge in [-0.25, -0.2) is 0 Å². The maximum atomic E-state index is 12.2. The van der Waals surface area contributed by atoms with Crippen molar-refractivity contribution in [2.24, 2.45) is 5.73 Å². The van der Waals surface area contributed by atoms with E-state index in [-0.39, 0.29) is 18.3 Å². The minimum Gasteiger partial charge on any atom is -0.324 e. The number of aryl methyl sites for hydroxylation is 1. The van der Waals surface area contributed by atoms with E-state index in [1.165, 1.54) is 6.42 Å². The highest BCUT2D eigenvalue weighted by Gasteiger charge is 2.35. The van der Waals surface area contributed by atoms with Gasteiger partial charge >= 0.3 is 0 Å². The first-order valence-electron chi connectivity index (χ1n) is 6.38. The molecule has 0 radical (unpaired) electrons. The van der Waals surface area contributed by atoms with Crippen LogP contribution in [0.2, 0.25) is 0 Å². The number of carbonyl (C=O) groups is 1. The van der Waals surface area contributed by atoms with Crippen LogP contribution >= 0.6 is 28.3 Å². The molecular weight excluding hydrogens is 328 g/mol. The summed E-state index contributed by atoms with van der Waals surface area (Å²) < 4.78 is 1.04. The number of hydrogen-bond acceptors (Lipinski definition) is 2. The Morgan fingerprint density at radius 3 is 2.53 bits per heavy atom. The lowest BCUT2D eigenvalue weighted by atomic mass is 9.82. The van der Waals surface area contributed by atoms with Gasteiger partial charge in [0.25, 0.3) is 0 Å². The van der Waals surface area contributed by atoms with Crippen LogP contribution in [0.4, 0.5) is 5.69 Å². The molecule has 19 heavy (non-hydrogen) atoms. The van der Waals surface area contributed by atoms with E-state index in [0.29, 0.717) is 0 Å². The first-order chi connectivity index (χ1) is 8.51. The first-order valence-corrected chi connectivity index (χ1v) is 7.17. The third-order valence-electron chi connectivity index (χ3n) is 3.61. The molecule has 1 fully saturated rings. The zero-order valence-corrected chi connectivity index (χ0v) is 13.4. The van der Waals surface area contributed by atoms with E-state index in [1.807, 2.05) is 25.1 Å². The number of benzene rings is 1. The summed E-state index contributed by atoms with van der Waals surface area (Å²) in [5, 5.41) is 2.94. The number of nitrogens with one attached hydrogen (secondary N) is 1. The molecule has 1 aliphatic carbocycles. The van der Waals surface area contributed by atoms with Crippen molar-refractivity contribution in [3.63, 3.8) is 0 Å². The van der Waals surface area contributed by atoms with Gasteiger partial charge in [-0.05, 0) is 43.5 Å². The van der Waals surface area contributed by atoms with Crippen molar-refractivity contribution in [1.82, 2.24) is 0 Å². The Labute approximate surface area is 128 Å². The fourth-order valence-electron chi connectivity index (χ4n) is 2.39. The standard InChI is InChI=1S/C14H19BrN2O.ClH/c1-10-9-11(5-6-12(10)15)17-13(18)14(16)7-3-2-4-8-14;/h5-6,9H,2-4,7-8,16H2,1H3,(H,17,18);1H. The molecular formula is C14H20BrClN2O. The van der Waals surface area contributed by atoms with E-state index in [2.05, 4.69) is 21.2 Å². The van der Waals surface area contributed by atoms with Gasteiger partial charge in [-0.2, -0.15) is 0 Å². The molecule has 5 heteroatoms. The first kappa shape index (κ1) is 16.5. The minimum atomic E-state index is -0.681. The molecule has 1 aliphatic rings.